The number of carbonyl (C=O) groups excluding carboxylic acids is 1. The molecule has 0 bridgehead atoms. The highest BCUT2D eigenvalue weighted by molar-refractivity contribution is 7.17. The molecule has 0 atom stereocenters. The third kappa shape index (κ3) is 4.26. The van der Waals surface area contributed by atoms with Crippen LogP contribution in [0.3, 0.4) is 0 Å². The van der Waals surface area contributed by atoms with Crippen molar-refractivity contribution in [2.75, 3.05) is 27.2 Å². The number of nitrogens with zero attached hydrogens (tertiary/aromatic N) is 3. The molecule has 0 saturated heterocycles. The molecule has 1 amide bonds. The fourth-order valence-corrected chi connectivity index (χ4v) is 3.79. The summed E-state index contributed by atoms with van der Waals surface area (Å²) < 4.78 is 1.54. The minimum absolute atomic E-state index is 0.0151. The van der Waals surface area contributed by atoms with Gasteiger partial charge in [-0.3, -0.25) is 14.2 Å². The molecule has 0 saturated carbocycles. The SMILES string of the molecule is CNCCN(C)C(=O)CCn1cnc2scc(-c3ccc(C)cc3)c2c1=O. The topological polar surface area (TPSA) is 67.2 Å². The number of hydrogen-bond acceptors (Lipinski definition) is 5. The number of amides is 1. The molecular formula is C20H24N4O2S. The maximum atomic E-state index is 13.0. The van der Waals surface area contributed by atoms with Gasteiger partial charge >= 0.3 is 0 Å². The third-order valence-corrected chi connectivity index (χ3v) is 5.50. The zero-order chi connectivity index (χ0) is 19.4. The van der Waals surface area contributed by atoms with E-state index in [4.69, 9.17) is 0 Å². The first-order valence-corrected chi connectivity index (χ1v) is 9.81. The van der Waals surface area contributed by atoms with E-state index >= 15 is 0 Å². The molecule has 2 heterocycles. The van der Waals surface area contributed by atoms with E-state index in [2.05, 4.69) is 10.3 Å². The van der Waals surface area contributed by atoms with Crippen LogP contribution in [0.5, 0.6) is 0 Å². The Morgan fingerprint density at radius 3 is 2.74 bits per heavy atom. The monoisotopic (exact) mass is 384 g/mol. The molecule has 0 aliphatic rings. The number of aromatic nitrogens is 2. The molecule has 0 spiro atoms. The van der Waals surface area contributed by atoms with Crippen LogP contribution in [-0.4, -0.2) is 47.5 Å². The van der Waals surface area contributed by atoms with Crippen molar-refractivity contribution in [2.45, 2.75) is 19.9 Å². The Bertz CT molecular complexity index is 991. The van der Waals surface area contributed by atoms with Crippen molar-refractivity contribution in [1.29, 1.82) is 0 Å². The number of likely N-dealkylation sites (N-methyl/N-ethyl adjacent to an activating group) is 2. The fraction of sp³-hybridized carbons (Fsp3) is 0.350. The number of thiophene rings is 1. The van der Waals surface area contributed by atoms with E-state index < -0.39 is 0 Å². The van der Waals surface area contributed by atoms with Crippen LogP contribution < -0.4 is 10.9 Å². The lowest BCUT2D eigenvalue weighted by atomic mass is 10.1. The Labute approximate surface area is 162 Å². The van der Waals surface area contributed by atoms with Crippen molar-refractivity contribution in [2.24, 2.45) is 0 Å². The summed E-state index contributed by atoms with van der Waals surface area (Å²) in [6, 6.07) is 8.11. The molecule has 3 rings (SSSR count). The molecular weight excluding hydrogens is 360 g/mol. The van der Waals surface area contributed by atoms with Gasteiger partial charge in [-0.15, -0.1) is 11.3 Å². The molecule has 27 heavy (non-hydrogen) atoms. The molecule has 1 N–H and O–H groups in total. The first kappa shape index (κ1) is 19.3. The second kappa shape index (κ2) is 8.45. The lowest BCUT2D eigenvalue weighted by molar-refractivity contribution is -0.130. The minimum Gasteiger partial charge on any atom is -0.344 e. The summed E-state index contributed by atoms with van der Waals surface area (Å²) in [7, 11) is 3.63. The Balaban J connectivity index is 1.84. The first-order chi connectivity index (χ1) is 13.0. The quantitative estimate of drug-likeness (QED) is 0.680. The summed E-state index contributed by atoms with van der Waals surface area (Å²) in [6.07, 6.45) is 1.82. The van der Waals surface area contributed by atoms with Gasteiger partial charge in [-0.1, -0.05) is 29.8 Å². The Morgan fingerprint density at radius 2 is 2.04 bits per heavy atom. The van der Waals surface area contributed by atoms with Gasteiger partial charge in [0.25, 0.3) is 5.56 Å². The molecule has 0 unspecified atom stereocenters. The largest absolute Gasteiger partial charge is 0.344 e. The van der Waals surface area contributed by atoms with Crippen LogP contribution in [-0.2, 0) is 11.3 Å². The van der Waals surface area contributed by atoms with Gasteiger partial charge in [0.15, 0.2) is 0 Å². The summed E-state index contributed by atoms with van der Waals surface area (Å²) in [5.74, 6) is 0.0151. The van der Waals surface area contributed by atoms with Crippen molar-refractivity contribution in [1.82, 2.24) is 19.8 Å². The van der Waals surface area contributed by atoms with Crippen molar-refractivity contribution in [3.8, 4) is 11.1 Å². The highest BCUT2D eigenvalue weighted by atomic mass is 32.1. The number of fused-ring (bicyclic) bond motifs is 1. The van der Waals surface area contributed by atoms with Crippen LogP contribution in [0.25, 0.3) is 21.3 Å². The molecule has 142 valence electrons. The van der Waals surface area contributed by atoms with Crippen molar-refractivity contribution < 1.29 is 4.79 Å². The van der Waals surface area contributed by atoms with E-state index in [1.165, 1.54) is 21.5 Å². The summed E-state index contributed by atoms with van der Waals surface area (Å²) in [5.41, 5.74) is 2.99. The second-order valence-corrected chi connectivity index (χ2v) is 7.47. The van der Waals surface area contributed by atoms with Crippen LogP contribution >= 0.6 is 11.3 Å². The summed E-state index contributed by atoms with van der Waals surface area (Å²) in [6.45, 7) is 3.75. The smallest absolute Gasteiger partial charge is 0.262 e. The Morgan fingerprint density at radius 1 is 1.30 bits per heavy atom. The van der Waals surface area contributed by atoms with Crippen molar-refractivity contribution in [3.63, 3.8) is 0 Å². The molecule has 1 aromatic carbocycles. The molecule has 3 aromatic rings. The predicted molar refractivity (Wildman–Crippen MR) is 110 cm³/mol. The van der Waals surface area contributed by atoms with E-state index in [1.54, 1.807) is 18.3 Å². The molecule has 7 heteroatoms. The number of carbonyl (C=O) groups is 1. The molecule has 0 aliphatic heterocycles. The van der Waals surface area contributed by atoms with Crippen LogP contribution in [0, 0.1) is 6.92 Å². The second-order valence-electron chi connectivity index (χ2n) is 6.61. The molecule has 6 nitrogen and oxygen atoms in total. The molecule has 0 radical (unpaired) electrons. The van der Waals surface area contributed by atoms with Gasteiger partial charge in [-0.25, -0.2) is 4.98 Å². The van der Waals surface area contributed by atoms with Gasteiger partial charge in [0.1, 0.15) is 4.83 Å². The number of aryl methyl sites for hydroxylation is 2. The highest BCUT2D eigenvalue weighted by Gasteiger charge is 2.14. The van der Waals surface area contributed by atoms with E-state index in [0.29, 0.717) is 18.5 Å². The molecule has 2 aromatic heterocycles. The first-order valence-electron chi connectivity index (χ1n) is 8.93. The van der Waals surface area contributed by atoms with Crippen molar-refractivity contribution in [3.05, 3.63) is 51.9 Å². The fourth-order valence-electron chi connectivity index (χ4n) is 2.88. The minimum atomic E-state index is -0.0949. The normalized spacial score (nSPS) is 11.1. The lowest BCUT2D eigenvalue weighted by Gasteiger charge is -2.17. The maximum Gasteiger partial charge on any atom is 0.262 e. The van der Waals surface area contributed by atoms with E-state index in [9.17, 15) is 9.59 Å². The van der Waals surface area contributed by atoms with Crippen LogP contribution in [0.1, 0.15) is 12.0 Å². The van der Waals surface area contributed by atoms with Gasteiger partial charge in [0.05, 0.1) is 11.7 Å². The van der Waals surface area contributed by atoms with Gasteiger partial charge in [0, 0.05) is 44.0 Å². The number of hydrogen-bond donors (Lipinski definition) is 1. The summed E-state index contributed by atoms with van der Waals surface area (Å²) in [4.78, 5) is 32.1. The van der Waals surface area contributed by atoms with Crippen molar-refractivity contribution >= 4 is 27.5 Å². The summed E-state index contributed by atoms with van der Waals surface area (Å²) >= 11 is 1.47. The van der Waals surface area contributed by atoms with Gasteiger partial charge < -0.3 is 10.2 Å². The van der Waals surface area contributed by atoms with Crippen LogP contribution in [0.15, 0.2) is 40.8 Å². The average molecular weight is 385 g/mol. The summed E-state index contributed by atoms with van der Waals surface area (Å²) in [5, 5.41) is 5.62. The van der Waals surface area contributed by atoms with E-state index in [0.717, 1.165) is 22.5 Å². The maximum absolute atomic E-state index is 13.0. The standard InChI is InChI=1S/C20H24N4O2S/c1-14-4-6-15(7-5-14)16-12-27-19-18(16)20(26)24(13-22-19)10-8-17(25)23(3)11-9-21-2/h4-7,12-13,21H,8-11H2,1-3H3. The third-order valence-electron chi connectivity index (χ3n) is 4.61. The number of rotatable bonds is 7. The van der Waals surface area contributed by atoms with Crippen LogP contribution in [0.4, 0.5) is 0 Å². The molecule has 0 aliphatic carbocycles. The van der Waals surface area contributed by atoms with Crippen LogP contribution in [0.2, 0.25) is 0 Å². The highest BCUT2D eigenvalue weighted by Crippen LogP contribution is 2.30. The molecule has 0 fully saturated rings. The average Bonchev–Trinajstić information content (AvgIpc) is 3.10. The zero-order valence-electron chi connectivity index (χ0n) is 15.9. The van der Waals surface area contributed by atoms with Gasteiger partial charge in [-0.05, 0) is 19.5 Å². The van der Waals surface area contributed by atoms with Gasteiger partial charge in [-0.2, -0.15) is 0 Å². The van der Waals surface area contributed by atoms with E-state index in [1.807, 2.05) is 43.6 Å². The number of nitrogens with one attached hydrogen (secondary N) is 1. The van der Waals surface area contributed by atoms with E-state index in [-0.39, 0.29) is 17.9 Å². The number of benzene rings is 1. The predicted octanol–water partition coefficient (Wildman–Crippen LogP) is 2.50. The Kier molecular flexibility index (Phi) is 6.03. The lowest BCUT2D eigenvalue weighted by Crippen LogP contribution is -2.34. The Hall–Kier alpha value is -2.51. The zero-order valence-corrected chi connectivity index (χ0v) is 16.7. The van der Waals surface area contributed by atoms with Gasteiger partial charge in [0.2, 0.25) is 5.91 Å².